The Bertz CT molecular complexity index is 2610. The SMILES string of the molecule is Cc1c(C(C)Cc2ccc(-n3cc(C(C)NC(=O)c4cc5cc(Cl)ccc5[nH]4)cn3)c(F)c2)cccc1C1CCN(CCNC(=O)c2cc3cc(Cl)ccc3[nH]2)C1. The summed E-state index contributed by atoms with van der Waals surface area (Å²) in [7, 11) is 0. The zero-order valence-electron chi connectivity index (χ0n) is 32.0. The Labute approximate surface area is 340 Å². The molecule has 57 heavy (non-hydrogen) atoms. The second-order valence-electron chi connectivity index (χ2n) is 15.2. The molecule has 1 saturated heterocycles. The van der Waals surface area contributed by atoms with Gasteiger partial charge in [0.25, 0.3) is 11.8 Å². The van der Waals surface area contributed by atoms with Crippen molar-refractivity contribution in [3.8, 4) is 5.69 Å². The number of aromatic nitrogens is 4. The molecule has 2 amide bonds. The molecule has 1 fully saturated rings. The lowest BCUT2D eigenvalue weighted by Crippen LogP contribution is -2.34. The van der Waals surface area contributed by atoms with E-state index in [9.17, 15) is 9.59 Å². The van der Waals surface area contributed by atoms with Crippen LogP contribution < -0.4 is 10.6 Å². The van der Waals surface area contributed by atoms with Gasteiger partial charge in [-0.15, -0.1) is 0 Å². The molecule has 9 nitrogen and oxygen atoms in total. The van der Waals surface area contributed by atoms with Gasteiger partial charge in [-0.3, -0.25) is 9.59 Å². The van der Waals surface area contributed by atoms with Gasteiger partial charge in [0, 0.05) is 63.2 Å². The van der Waals surface area contributed by atoms with Crippen LogP contribution in [0.5, 0.6) is 0 Å². The van der Waals surface area contributed by atoms with Crippen LogP contribution >= 0.6 is 23.2 Å². The van der Waals surface area contributed by atoms with Gasteiger partial charge in [0.1, 0.15) is 22.9 Å². The lowest BCUT2D eigenvalue weighted by atomic mass is 9.85. The van der Waals surface area contributed by atoms with Gasteiger partial charge in [0.15, 0.2) is 0 Å². The summed E-state index contributed by atoms with van der Waals surface area (Å²) in [6.45, 7) is 9.53. The summed E-state index contributed by atoms with van der Waals surface area (Å²) < 4.78 is 17.2. The quantitative estimate of drug-likeness (QED) is 0.0987. The Morgan fingerprint density at radius 2 is 1.61 bits per heavy atom. The topological polar surface area (TPSA) is 111 Å². The largest absolute Gasteiger partial charge is 0.351 e. The van der Waals surface area contributed by atoms with Crippen LogP contribution in [0.1, 0.15) is 86.9 Å². The van der Waals surface area contributed by atoms with Gasteiger partial charge in [-0.25, -0.2) is 9.07 Å². The van der Waals surface area contributed by atoms with Gasteiger partial charge in [0.05, 0.1) is 12.2 Å². The summed E-state index contributed by atoms with van der Waals surface area (Å²) >= 11 is 12.2. The van der Waals surface area contributed by atoms with Crippen LogP contribution in [-0.4, -0.2) is 62.6 Å². The minimum Gasteiger partial charge on any atom is -0.351 e. The molecule has 0 radical (unpaired) electrons. The van der Waals surface area contributed by atoms with E-state index >= 15 is 4.39 Å². The highest BCUT2D eigenvalue weighted by atomic mass is 35.5. The van der Waals surface area contributed by atoms with Crippen molar-refractivity contribution in [3.63, 3.8) is 0 Å². The van der Waals surface area contributed by atoms with Gasteiger partial charge >= 0.3 is 0 Å². The third kappa shape index (κ3) is 8.35. The van der Waals surface area contributed by atoms with Crippen molar-refractivity contribution >= 4 is 56.8 Å². The number of nitrogens with one attached hydrogen (secondary N) is 4. The fraction of sp³-hybridized carbons (Fsp3) is 0.267. The van der Waals surface area contributed by atoms with Gasteiger partial charge < -0.3 is 25.5 Å². The van der Waals surface area contributed by atoms with E-state index in [4.69, 9.17) is 23.2 Å². The minimum absolute atomic E-state index is 0.123. The highest BCUT2D eigenvalue weighted by Crippen LogP contribution is 2.34. The fourth-order valence-electron chi connectivity index (χ4n) is 8.19. The second kappa shape index (κ2) is 16.2. The van der Waals surface area contributed by atoms with E-state index in [0.29, 0.717) is 46.0 Å². The summed E-state index contributed by atoms with van der Waals surface area (Å²) in [5.41, 5.74) is 8.59. The third-order valence-electron chi connectivity index (χ3n) is 11.3. The second-order valence-corrected chi connectivity index (χ2v) is 16.1. The average molecular weight is 805 g/mol. The normalized spacial score (nSPS) is 15.6. The molecule has 292 valence electrons. The molecule has 7 aromatic rings. The smallest absolute Gasteiger partial charge is 0.268 e. The number of carbonyl (C=O) groups is 2. The molecular weight excluding hydrogens is 760 g/mol. The first-order chi connectivity index (χ1) is 27.5. The van der Waals surface area contributed by atoms with E-state index in [2.05, 4.69) is 62.6 Å². The first-order valence-electron chi connectivity index (χ1n) is 19.3. The molecule has 4 N–H and O–H groups in total. The molecule has 3 atom stereocenters. The number of H-pyrrole nitrogens is 2. The lowest BCUT2D eigenvalue weighted by molar-refractivity contribution is 0.0931. The van der Waals surface area contributed by atoms with Gasteiger partial charge in [-0.2, -0.15) is 5.10 Å². The average Bonchev–Trinajstić information content (AvgIpc) is 4.01. The molecular formula is C45H44Cl2FN7O2. The van der Waals surface area contributed by atoms with Crippen LogP contribution in [0.4, 0.5) is 4.39 Å². The van der Waals surface area contributed by atoms with Crippen LogP contribution in [0.3, 0.4) is 0 Å². The summed E-state index contributed by atoms with van der Waals surface area (Å²) in [6, 6.07) is 26.1. The molecule has 8 rings (SSSR count). The number of halogens is 3. The van der Waals surface area contributed by atoms with Crippen LogP contribution in [0.2, 0.25) is 10.0 Å². The summed E-state index contributed by atoms with van der Waals surface area (Å²) in [5, 5.41) is 13.5. The number of fused-ring (bicyclic) bond motifs is 2. The number of hydrogen-bond acceptors (Lipinski definition) is 4. The molecule has 0 aliphatic carbocycles. The number of carbonyl (C=O) groups excluding carboxylic acids is 2. The summed E-state index contributed by atoms with van der Waals surface area (Å²) in [6.07, 6.45) is 5.14. The Morgan fingerprint density at radius 3 is 2.32 bits per heavy atom. The van der Waals surface area contributed by atoms with Crippen molar-refractivity contribution in [1.82, 2.24) is 35.3 Å². The number of aromatic amines is 2. The zero-order valence-corrected chi connectivity index (χ0v) is 33.5. The van der Waals surface area contributed by atoms with Crippen LogP contribution in [0, 0.1) is 12.7 Å². The predicted molar refractivity (Wildman–Crippen MR) is 225 cm³/mol. The maximum atomic E-state index is 15.6. The van der Waals surface area contributed by atoms with Gasteiger partial charge in [0.2, 0.25) is 0 Å². The Hall–Kier alpha value is -5.42. The number of likely N-dealkylation sites (tertiary alicyclic amines) is 1. The molecule has 0 spiro atoms. The number of amides is 2. The molecule has 3 aromatic heterocycles. The van der Waals surface area contributed by atoms with Crippen LogP contribution in [0.25, 0.3) is 27.5 Å². The standard InChI is InChI=1S/C45H44Cl2FN7O2/c1-26(36-5-4-6-37(27(36)2)30-13-15-54(24-30)16-14-49-44(56)41-21-31-19-34(46)8-10-39(31)52-41)17-29-7-12-43(38(48)18-29)55-25-33(23-50-55)28(3)51-45(57)42-22-32-20-35(47)9-11-40(32)53-42/h4-12,18-23,25-26,28,30,52-53H,13-17,24H2,1-3H3,(H,49,56)(H,51,57). The lowest BCUT2D eigenvalue weighted by Gasteiger charge is -2.21. The first kappa shape index (κ1) is 38.5. The van der Waals surface area contributed by atoms with E-state index in [0.717, 1.165) is 59.0 Å². The van der Waals surface area contributed by atoms with E-state index in [-0.39, 0.29) is 29.6 Å². The van der Waals surface area contributed by atoms with E-state index in [1.54, 1.807) is 48.8 Å². The first-order valence-corrected chi connectivity index (χ1v) is 20.1. The number of hydrogen-bond donors (Lipinski definition) is 4. The van der Waals surface area contributed by atoms with Crippen molar-refractivity contribution in [1.29, 1.82) is 0 Å². The van der Waals surface area contributed by atoms with E-state index in [1.165, 1.54) is 21.4 Å². The fourth-order valence-corrected chi connectivity index (χ4v) is 8.55. The maximum Gasteiger partial charge on any atom is 0.268 e. The molecule has 3 unspecified atom stereocenters. The van der Waals surface area contributed by atoms with Crippen molar-refractivity contribution in [3.05, 3.63) is 152 Å². The Kier molecular flexibility index (Phi) is 10.9. The van der Waals surface area contributed by atoms with Gasteiger partial charge in [-0.05, 0) is 128 Å². The summed E-state index contributed by atoms with van der Waals surface area (Å²) in [5.74, 6) is -0.153. The minimum atomic E-state index is -0.360. The Morgan fingerprint density at radius 1 is 0.912 bits per heavy atom. The van der Waals surface area contributed by atoms with Gasteiger partial charge in [-0.1, -0.05) is 54.4 Å². The van der Waals surface area contributed by atoms with Crippen molar-refractivity contribution in [2.75, 3.05) is 26.2 Å². The summed E-state index contributed by atoms with van der Waals surface area (Å²) in [4.78, 5) is 34.5. The van der Waals surface area contributed by atoms with Crippen molar-refractivity contribution < 1.29 is 14.0 Å². The number of rotatable bonds is 12. The predicted octanol–water partition coefficient (Wildman–Crippen LogP) is 9.65. The molecule has 4 heterocycles. The van der Waals surface area contributed by atoms with Crippen molar-refractivity contribution in [2.24, 2.45) is 0 Å². The highest BCUT2D eigenvalue weighted by molar-refractivity contribution is 6.31. The van der Waals surface area contributed by atoms with E-state index < -0.39 is 0 Å². The molecule has 12 heteroatoms. The maximum absolute atomic E-state index is 15.6. The molecule has 1 aliphatic heterocycles. The third-order valence-corrected chi connectivity index (χ3v) is 11.8. The zero-order chi connectivity index (χ0) is 39.8. The highest BCUT2D eigenvalue weighted by Gasteiger charge is 2.26. The molecule has 0 bridgehead atoms. The Balaban J connectivity index is 0.850. The number of nitrogens with zero attached hydrogens (tertiary/aromatic N) is 3. The monoisotopic (exact) mass is 803 g/mol. The van der Waals surface area contributed by atoms with E-state index in [1.807, 2.05) is 37.3 Å². The number of benzene rings is 4. The molecule has 4 aromatic carbocycles. The van der Waals surface area contributed by atoms with Crippen LogP contribution in [-0.2, 0) is 6.42 Å². The molecule has 1 aliphatic rings. The molecule has 0 saturated carbocycles. The van der Waals surface area contributed by atoms with Crippen molar-refractivity contribution in [2.45, 2.75) is 51.5 Å². The van der Waals surface area contributed by atoms with Crippen LogP contribution in [0.15, 0.2) is 97.3 Å².